The van der Waals surface area contributed by atoms with Crippen LogP contribution in [0.3, 0.4) is 0 Å². The van der Waals surface area contributed by atoms with E-state index in [1.807, 2.05) is 11.0 Å². The van der Waals surface area contributed by atoms with Gasteiger partial charge in [0, 0.05) is 19.0 Å². The molecule has 3 aliphatic heterocycles. The van der Waals surface area contributed by atoms with E-state index in [0.717, 1.165) is 32.2 Å². The first-order valence-corrected chi connectivity index (χ1v) is 6.30. The van der Waals surface area contributed by atoms with E-state index in [2.05, 4.69) is 6.92 Å². The van der Waals surface area contributed by atoms with Gasteiger partial charge in [-0.15, -0.1) is 0 Å². The summed E-state index contributed by atoms with van der Waals surface area (Å²) in [6.07, 6.45) is 7.57. The Hall–Kier alpha value is -1.32. The van der Waals surface area contributed by atoms with Crippen molar-refractivity contribution in [3.63, 3.8) is 0 Å². The van der Waals surface area contributed by atoms with Crippen molar-refractivity contribution in [1.82, 2.24) is 4.90 Å². The zero-order valence-corrected chi connectivity index (χ0v) is 10.1. The predicted molar refractivity (Wildman–Crippen MR) is 61.2 cm³/mol. The van der Waals surface area contributed by atoms with Crippen LogP contribution in [0, 0.1) is 0 Å². The van der Waals surface area contributed by atoms with Crippen LogP contribution in [-0.4, -0.2) is 34.5 Å². The lowest BCUT2D eigenvalue weighted by Crippen LogP contribution is -2.59. The van der Waals surface area contributed by atoms with E-state index in [1.165, 1.54) is 6.08 Å². The van der Waals surface area contributed by atoms with Gasteiger partial charge in [0.2, 0.25) is 5.91 Å². The van der Waals surface area contributed by atoms with Gasteiger partial charge in [0.15, 0.2) is 5.60 Å². The molecule has 0 saturated carbocycles. The van der Waals surface area contributed by atoms with Gasteiger partial charge in [-0.05, 0) is 38.7 Å². The fourth-order valence-electron chi connectivity index (χ4n) is 3.51. The first-order valence-electron chi connectivity index (χ1n) is 6.30. The average molecular weight is 235 g/mol. The Balaban J connectivity index is 2.05. The van der Waals surface area contributed by atoms with Crippen LogP contribution in [0.1, 0.15) is 39.0 Å². The highest BCUT2D eigenvalue weighted by atomic mass is 16.6. The average Bonchev–Trinajstić information content (AvgIpc) is 2.76. The van der Waals surface area contributed by atoms with Gasteiger partial charge >= 0.3 is 5.97 Å². The largest absolute Gasteiger partial charge is 0.449 e. The van der Waals surface area contributed by atoms with Crippen LogP contribution >= 0.6 is 0 Å². The summed E-state index contributed by atoms with van der Waals surface area (Å²) in [6, 6.07) is 0. The number of hydrogen-bond donors (Lipinski definition) is 0. The van der Waals surface area contributed by atoms with E-state index < -0.39 is 5.60 Å². The number of amides is 1. The molecule has 0 N–H and O–H groups in total. The molecule has 2 saturated heterocycles. The topological polar surface area (TPSA) is 46.6 Å². The Labute approximate surface area is 101 Å². The van der Waals surface area contributed by atoms with Gasteiger partial charge < -0.3 is 9.64 Å². The van der Waals surface area contributed by atoms with E-state index >= 15 is 0 Å². The van der Waals surface area contributed by atoms with Crippen molar-refractivity contribution < 1.29 is 14.3 Å². The molecule has 92 valence electrons. The smallest absolute Gasteiger partial charge is 0.331 e. The molecule has 2 atom stereocenters. The van der Waals surface area contributed by atoms with Gasteiger partial charge in [-0.1, -0.05) is 0 Å². The van der Waals surface area contributed by atoms with Gasteiger partial charge in [-0.2, -0.15) is 0 Å². The molecular weight excluding hydrogens is 218 g/mol. The fourth-order valence-corrected chi connectivity index (χ4v) is 3.51. The van der Waals surface area contributed by atoms with Gasteiger partial charge in [-0.25, -0.2) is 4.79 Å². The van der Waals surface area contributed by atoms with E-state index in [4.69, 9.17) is 4.74 Å². The maximum atomic E-state index is 11.9. The monoisotopic (exact) mass is 235 g/mol. The van der Waals surface area contributed by atoms with Crippen molar-refractivity contribution in [1.29, 1.82) is 0 Å². The molecule has 0 bridgehead atoms. The highest BCUT2D eigenvalue weighted by molar-refractivity contribution is 5.86. The molecule has 0 unspecified atom stereocenters. The van der Waals surface area contributed by atoms with Crippen LogP contribution in [0.4, 0.5) is 0 Å². The van der Waals surface area contributed by atoms with Crippen molar-refractivity contribution in [3.8, 4) is 0 Å². The van der Waals surface area contributed by atoms with Crippen LogP contribution in [0.2, 0.25) is 0 Å². The lowest BCUT2D eigenvalue weighted by atomic mass is 9.77. The molecule has 3 heterocycles. The lowest BCUT2D eigenvalue weighted by Gasteiger charge is -2.45. The molecule has 3 rings (SSSR count). The lowest BCUT2D eigenvalue weighted by molar-refractivity contribution is -0.160. The summed E-state index contributed by atoms with van der Waals surface area (Å²) in [5, 5.41) is 0. The molecule has 1 spiro atoms. The third-order valence-electron chi connectivity index (χ3n) is 4.59. The quantitative estimate of drug-likeness (QED) is 0.596. The Bertz CT molecular complexity index is 417. The second-order valence-corrected chi connectivity index (χ2v) is 5.42. The van der Waals surface area contributed by atoms with Gasteiger partial charge in [0.1, 0.15) is 0 Å². The third-order valence-corrected chi connectivity index (χ3v) is 4.59. The Morgan fingerprint density at radius 3 is 2.82 bits per heavy atom. The van der Waals surface area contributed by atoms with E-state index in [0.29, 0.717) is 6.42 Å². The molecule has 3 aliphatic rings. The molecule has 0 aromatic rings. The maximum Gasteiger partial charge on any atom is 0.331 e. The minimum absolute atomic E-state index is 0.199. The van der Waals surface area contributed by atoms with Crippen LogP contribution < -0.4 is 0 Å². The normalized spacial score (nSPS) is 40.6. The molecule has 0 aliphatic carbocycles. The summed E-state index contributed by atoms with van der Waals surface area (Å²) in [5.41, 5.74) is -0.921. The highest BCUT2D eigenvalue weighted by Gasteiger charge is 2.59. The number of carbonyl (C=O) groups excluding carboxylic acids is 2. The van der Waals surface area contributed by atoms with Crippen molar-refractivity contribution in [2.75, 3.05) is 6.54 Å². The van der Waals surface area contributed by atoms with Crippen molar-refractivity contribution >= 4 is 11.9 Å². The van der Waals surface area contributed by atoms with Crippen molar-refractivity contribution in [2.45, 2.75) is 50.2 Å². The van der Waals surface area contributed by atoms with E-state index in [1.54, 1.807) is 0 Å². The van der Waals surface area contributed by atoms with E-state index in [9.17, 15) is 9.59 Å². The number of rotatable bonds is 0. The third kappa shape index (κ3) is 1.30. The molecule has 0 aromatic carbocycles. The van der Waals surface area contributed by atoms with Crippen molar-refractivity contribution in [2.24, 2.45) is 0 Å². The fraction of sp³-hybridized carbons (Fsp3) is 0.692. The molecule has 4 heteroatoms. The van der Waals surface area contributed by atoms with E-state index in [-0.39, 0.29) is 17.4 Å². The second kappa shape index (κ2) is 3.34. The molecule has 0 radical (unpaired) electrons. The van der Waals surface area contributed by atoms with Crippen LogP contribution in [0.5, 0.6) is 0 Å². The molecule has 4 nitrogen and oxygen atoms in total. The molecule has 1 amide bonds. The predicted octanol–water partition coefficient (Wildman–Crippen LogP) is 1.40. The van der Waals surface area contributed by atoms with Crippen LogP contribution in [-0.2, 0) is 14.3 Å². The number of fused-ring (bicyclic) bond motifs is 2. The van der Waals surface area contributed by atoms with Crippen molar-refractivity contribution in [3.05, 3.63) is 12.2 Å². The minimum Gasteiger partial charge on any atom is -0.449 e. The summed E-state index contributed by atoms with van der Waals surface area (Å²) in [4.78, 5) is 25.3. The summed E-state index contributed by atoms with van der Waals surface area (Å²) < 4.78 is 5.59. The number of nitrogens with zero attached hydrogens (tertiary/aromatic N) is 1. The Morgan fingerprint density at radius 2 is 2.12 bits per heavy atom. The highest BCUT2D eigenvalue weighted by Crippen LogP contribution is 2.48. The Kier molecular flexibility index (Phi) is 2.12. The van der Waals surface area contributed by atoms with Gasteiger partial charge in [0.25, 0.3) is 0 Å². The molecule has 17 heavy (non-hydrogen) atoms. The zero-order chi connectivity index (χ0) is 12.1. The number of hydrogen-bond acceptors (Lipinski definition) is 3. The second-order valence-electron chi connectivity index (χ2n) is 5.42. The number of carbonyl (C=O) groups is 2. The maximum absolute atomic E-state index is 11.9. The molecule has 2 fully saturated rings. The number of ether oxygens (including phenoxy) is 1. The van der Waals surface area contributed by atoms with Crippen LogP contribution in [0.15, 0.2) is 12.2 Å². The standard InChI is InChI=1S/C13H17NO3/c1-12-7-4-10(15)14(12)9-3-2-6-13(12)8-5-11(16)17-13/h5,8H,2-4,6-7,9H2,1H3/t12-,13+/m0/s1. The zero-order valence-electron chi connectivity index (χ0n) is 10.1. The first-order chi connectivity index (χ1) is 8.07. The van der Waals surface area contributed by atoms with Crippen LogP contribution in [0.25, 0.3) is 0 Å². The summed E-state index contributed by atoms with van der Waals surface area (Å²) in [5.74, 6) is -0.0717. The SMILES string of the molecule is C[C@@]12CCC(=O)N1CCCC[C@@]21C=CC(=O)O1. The summed E-state index contributed by atoms with van der Waals surface area (Å²) in [7, 11) is 0. The van der Waals surface area contributed by atoms with Gasteiger partial charge in [0.05, 0.1) is 5.54 Å². The molecule has 0 aromatic heterocycles. The number of esters is 1. The first kappa shape index (κ1) is 10.8. The van der Waals surface area contributed by atoms with Gasteiger partial charge in [-0.3, -0.25) is 4.79 Å². The minimum atomic E-state index is -0.577. The summed E-state index contributed by atoms with van der Waals surface area (Å²) >= 11 is 0. The summed E-state index contributed by atoms with van der Waals surface area (Å²) in [6.45, 7) is 2.86. The Morgan fingerprint density at radius 1 is 1.29 bits per heavy atom. The molecular formula is C13H17NO3.